The first-order chi connectivity index (χ1) is 13.1. The number of aromatic amines is 1. The lowest BCUT2D eigenvalue weighted by Crippen LogP contribution is -2.31. The molecule has 0 amide bonds. The Morgan fingerprint density at radius 3 is 2.67 bits per heavy atom. The maximum atomic E-state index is 12.4. The van der Waals surface area contributed by atoms with Crippen molar-refractivity contribution in [1.82, 2.24) is 19.1 Å². The van der Waals surface area contributed by atoms with Crippen molar-refractivity contribution in [2.75, 3.05) is 12.4 Å². The van der Waals surface area contributed by atoms with Crippen molar-refractivity contribution in [3.8, 4) is 5.75 Å². The van der Waals surface area contributed by atoms with E-state index in [2.05, 4.69) is 22.2 Å². The van der Waals surface area contributed by atoms with Gasteiger partial charge in [-0.1, -0.05) is 25.5 Å². The number of nitrogens with zero attached hydrogens (tertiary/aromatic N) is 3. The zero-order valence-corrected chi connectivity index (χ0v) is 15.9. The van der Waals surface area contributed by atoms with Crippen molar-refractivity contribution in [2.24, 2.45) is 0 Å². The number of para-hydroxylation sites is 2. The summed E-state index contributed by atoms with van der Waals surface area (Å²) in [7, 11) is 1.62. The quantitative estimate of drug-likeness (QED) is 0.634. The summed E-state index contributed by atoms with van der Waals surface area (Å²) >= 11 is 0. The van der Waals surface area contributed by atoms with E-state index in [-0.39, 0.29) is 0 Å². The van der Waals surface area contributed by atoms with Gasteiger partial charge in [0.05, 0.1) is 19.3 Å². The number of H-pyrrole nitrogens is 1. The van der Waals surface area contributed by atoms with Crippen LogP contribution in [-0.2, 0) is 19.6 Å². The summed E-state index contributed by atoms with van der Waals surface area (Å²) in [5.41, 5.74) is 0.902. The van der Waals surface area contributed by atoms with Crippen LogP contribution in [0.2, 0.25) is 0 Å². The molecule has 8 heteroatoms. The fourth-order valence-corrected chi connectivity index (χ4v) is 3.18. The topological polar surface area (TPSA) is 93.9 Å². The molecule has 0 aliphatic carbocycles. The van der Waals surface area contributed by atoms with E-state index in [9.17, 15) is 9.59 Å². The van der Waals surface area contributed by atoms with Gasteiger partial charge in [0.2, 0.25) is 0 Å². The molecule has 1 aromatic carbocycles. The number of imidazole rings is 1. The molecule has 2 N–H and O–H groups in total. The largest absolute Gasteiger partial charge is 0.495 e. The molecule has 144 valence electrons. The van der Waals surface area contributed by atoms with Crippen LogP contribution in [-0.4, -0.2) is 26.2 Å². The van der Waals surface area contributed by atoms with Gasteiger partial charge in [-0.15, -0.1) is 0 Å². The number of aryl methyl sites for hydroxylation is 2. The predicted octanol–water partition coefficient (Wildman–Crippen LogP) is 2.33. The lowest BCUT2D eigenvalue weighted by Gasteiger charge is -2.11. The Hall–Kier alpha value is -3.03. The Bertz CT molecular complexity index is 1050. The number of nitrogens with one attached hydrogen (secondary N) is 2. The van der Waals surface area contributed by atoms with E-state index in [1.165, 1.54) is 0 Å². The van der Waals surface area contributed by atoms with Crippen LogP contribution in [0.25, 0.3) is 11.2 Å². The number of methoxy groups -OCH3 is 1. The molecule has 0 aliphatic rings. The average molecular weight is 371 g/mol. The number of benzene rings is 1. The lowest BCUT2D eigenvalue weighted by molar-refractivity contribution is 0.416. The Balaban J connectivity index is 2.04. The van der Waals surface area contributed by atoms with Crippen LogP contribution in [0.15, 0.2) is 33.9 Å². The predicted molar refractivity (Wildman–Crippen MR) is 106 cm³/mol. The number of ether oxygens (including phenoxy) is 1. The summed E-state index contributed by atoms with van der Waals surface area (Å²) in [5, 5.41) is 3.30. The zero-order chi connectivity index (χ0) is 19.4. The van der Waals surface area contributed by atoms with Gasteiger partial charge >= 0.3 is 5.69 Å². The summed E-state index contributed by atoms with van der Waals surface area (Å²) < 4.78 is 8.76. The molecular weight excluding hydrogens is 346 g/mol. The van der Waals surface area contributed by atoms with Crippen molar-refractivity contribution in [3.63, 3.8) is 0 Å². The number of fused-ring (bicyclic) bond motifs is 1. The molecule has 0 spiro atoms. The van der Waals surface area contributed by atoms with Gasteiger partial charge in [-0.2, -0.15) is 0 Å². The molecule has 0 fully saturated rings. The molecule has 0 aliphatic heterocycles. The van der Waals surface area contributed by atoms with Gasteiger partial charge < -0.3 is 14.6 Å². The highest BCUT2D eigenvalue weighted by molar-refractivity contribution is 5.71. The smallest absolute Gasteiger partial charge is 0.330 e. The average Bonchev–Trinajstić information content (AvgIpc) is 3.05. The SMILES string of the molecule is CCCCn1c(=O)[nH]c(=O)c2c1nc(CNc1ccccc1OC)n2CC. The molecule has 8 nitrogen and oxygen atoms in total. The molecule has 0 saturated heterocycles. The van der Waals surface area contributed by atoms with E-state index in [1.54, 1.807) is 11.7 Å². The first kappa shape index (κ1) is 18.8. The van der Waals surface area contributed by atoms with Gasteiger partial charge in [0.1, 0.15) is 11.6 Å². The second-order valence-corrected chi connectivity index (χ2v) is 6.26. The minimum atomic E-state index is -0.411. The van der Waals surface area contributed by atoms with Crippen molar-refractivity contribution in [1.29, 1.82) is 0 Å². The third-order valence-corrected chi connectivity index (χ3v) is 4.56. The molecule has 0 radical (unpaired) electrons. The lowest BCUT2D eigenvalue weighted by atomic mass is 10.3. The Morgan fingerprint density at radius 2 is 1.96 bits per heavy atom. The molecule has 0 atom stereocenters. The molecule has 0 bridgehead atoms. The van der Waals surface area contributed by atoms with Gasteiger partial charge in [-0.25, -0.2) is 9.78 Å². The maximum absolute atomic E-state index is 12.4. The number of hydrogen-bond acceptors (Lipinski definition) is 5. The van der Waals surface area contributed by atoms with Gasteiger partial charge in [-0.3, -0.25) is 14.3 Å². The second kappa shape index (κ2) is 8.11. The first-order valence-electron chi connectivity index (χ1n) is 9.19. The maximum Gasteiger partial charge on any atom is 0.330 e. The summed E-state index contributed by atoms with van der Waals surface area (Å²) in [6.45, 7) is 5.53. The Morgan fingerprint density at radius 1 is 1.19 bits per heavy atom. The van der Waals surface area contributed by atoms with E-state index in [1.807, 2.05) is 35.8 Å². The normalized spacial score (nSPS) is 11.1. The monoisotopic (exact) mass is 371 g/mol. The minimum Gasteiger partial charge on any atom is -0.495 e. The van der Waals surface area contributed by atoms with Crippen molar-refractivity contribution in [2.45, 2.75) is 46.3 Å². The number of anilines is 1. The number of aromatic nitrogens is 4. The number of hydrogen-bond donors (Lipinski definition) is 2. The number of unbranched alkanes of at least 4 members (excludes halogenated alkanes) is 1. The van der Waals surface area contributed by atoms with Crippen LogP contribution in [0, 0.1) is 0 Å². The molecule has 3 rings (SSSR count). The van der Waals surface area contributed by atoms with E-state index < -0.39 is 11.2 Å². The van der Waals surface area contributed by atoms with Crippen molar-refractivity contribution < 1.29 is 4.74 Å². The second-order valence-electron chi connectivity index (χ2n) is 6.26. The molecular formula is C19H25N5O3. The Kier molecular flexibility index (Phi) is 5.63. The van der Waals surface area contributed by atoms with Crippen molar-refractivity contribution in [3.05, 3.63) is 50.9 Å². The highest BCUT2D eigenvalue weighted by atomic mass is 16.5. The van der Waals surface area contributed by atoms with E-state index >= 15 is 0 Å². The van der Waals surface area contributed by atoms with E-state index in [4.69, 9.17) is 4.74 Å². The fourth-order valence-electron chi connectivity index (χ4n) is 3.18. The van der Waals surface area contributed by atoms with Gasteiger partial charge in [0.25, 0.3) is 5.56 Å². The molecule has 2 aromatic heterocycles. The highest BCUT2D eigenvalue weighted by Gasteiger charge is 2.17. The van der Waals surface area contributed by atoms with Gasteiger partial charge in [0, 0.05) is 13.1 Å². The summed E-state index contributed by atoms with van der Waals surface area (Å²) in [5.74, 6) is 1.43. The minimum absolute atomic E-state index is 0.402. The van der Waals surface area contributed by atoms with E-state index in [0.717, 1.165) is 24.3 Å². The Labute approximate surface area is 156 Å². The standard InChI is InChI=1S/C19H25N5O3/c1-4-6-11-24-17-16(18(25)22-19(24)26)23(5-2)15(21-17)12-20-13-9-7-8-10-14(13)27-3/h7-10,20H,4-6,11-12H2,1-3H3,(H,22,25,26). The van der Waals surface area contributed by atoms with Gasteiger partial charge in [0.15, 0.2) is 11.2 Å². The van der Waals surface area contributed by atoms with Crippen LogP contribution >= 0.6 is 0 Å². The first-order valence-corrected chi connectivity index (χ1v) is 9.19. The molecule has 0 saturated carbocycles. The van der Waals surface area contributed by atoms with Crippen LogP contribution in [0.1, 0.15) is 32.5 Å². The van der Waals surface area contributed by atoms with Crippen molar-refractivity contribution >= 4 is 16.9 Å². The molecule has 2 heterocycles. The van der Waals surface area contributed by atoms with Crippen LogP contribution < -0.4 is 21.3 Å². The third kappa shape index (κ3) is 3.60. The summed E-state index contributed by atoms with van der Waals surface area (Å²) in [6, 6.07) is 7.61. The van der Waals surface area contributed by atoms with Gasteiger partial charge in [-0.05, 0) is 25.5 Å². The molecule has 0 unspecified atom stereocenters. The van der Waals surface area contributed by atoms with Crippen LogP contribution in [0.5, 0.6) is 5.75 Å². The molecule has 3 aromatic rings. The number of rotatable bonds is 8. The van der Waals surface area contributed by atoms with E-state index in [0.29, 0.717) is 36.6 Å². The zero-order valence-electron chi connectivity index (χ0n) is 15.9. The van der Waals surface area contributed by atoms with Crippen LogP contribution in [0.3, 0.4) is 0 Å². The third-order valence-electron chi connectivity index (χ3n) is 4.56. The summed E-state index contributed by atoms with van der Waals surface area (Å²) in [4.78, 5) is 31.7. The fraction of sp³-hybridized carbons (Fsp3) is 0.421. The molecule has 27 heavy (non-hydrogen) atoms. The highest BCUT2D eigenvalue weighted by Crippen LogP contribution is 2.24. The van der Waals surface area contributed by atoms with Crippen LogP contribution in [0.4, 0.5) is 5.69 Å². The summed E-state index contributed by atoms with van der Waals surface area (Å²) in [6.07, 6.45) is 1.79.